The maximum atomic E-state index is 12.4. The smallest absolute Gasteiger partial charge is 0.334 e. The van der Waals surface area contributed by atoms with E-state index in [0.717, 1.165) is 6.42 Å². The minimum atomic E-state index is -0.996. The van der Waals surface area contributed by atoms with Crippen molar-refractivity contribution in [3.05, 3.63) is 21.9 Å². The van der Waals surface area contributed by atoms with Crippen LogP contribution in [0.25, 0.3) is 0 Å². The second-order valence-corrected chi connectivity index (χ2v) is 6.35. The van der Waals surface area contributed by atoms with Gasteiger partial charge >= 0.3 is 5.97 Å². The van der Waals surface area contributed by atoms with E-state index < -0.39 is 12.1 Å². The highest BCUT2D eigenvalue weighted by atomic mass is 32.1. The molecule has 108 valence electrons. The summed E-state index contributed by atoms with van der Waals surface area (Å²) in [5.74, 6) is -0.560. The van der Waals surface area contributed by atoms with E-state index in [0.29, 0.717) is 19.1 Å². The van der Waals surface area contributed by atoms with Crippen LogP contribution in [0.1, 0.15) is 22.8 Å². The molecule has 2 aliphatic rings. The summed E-state index contributed by atoms with van der Waals surface area (Å²) in [6.45, 7) is 3.04. The molecule has 2 fully saturated rings. The standard InChI is InChI=1S/C14H17NO4S/c1-8-2-5-20-12(8)9-6-10(9)13(16)15-3-4-19-11(7-15)14(17)18/h2,5,9-11H,3-4,6-7H2,1H3,(H,17,18)/t9-,10+,11+/m1/s1. The van der Waals surface area contributed by atoms with Gasteiger partial charge in [-0.05, 0) is 30.4 Å². The van der Waals surface area contributed by atoms with E-state index in [9.17, 15) is 9.59 Å². The molecule has 1 N–H and O–H groups in total. The van der Waals surface area contributed by atoms with Gasteiger partial charge in [0.05, 0.1) is 13.2 Å². The largest absolute Gasteiger partial charge is 0.479 e. The number of hydrogen-bond donors (Lipinski definition) is 1. The number of thiophene rings is 1. The van der Waals surface area contributed by atoms with Gasteiger partial charge in [-0.25, -0.2) is 4.79 Å². The lowest BCUT2D eigenvalue weighted by atomic mass is 10.1. The van der Waals surface area contributed by atoms with Crippen LogP contribution >= 0.6 is 11.3 Å². The Balaban J connectivity index is 1.63. The molecule has 1 amide bonds. The summed E-state index contributed by atoms with van der Waals surface area (Å²) >= 11 is 1.70. The zero-order valence-electron chi connectivity index (χ0n) is 11.2. The first kappa shape index (κ1) is 13.6. The summed E-state index contributed by atoms with van der Waals surface area (Å²) in [5, 5.41) is 11.0. The lowest BCUT2D eigenvalue weighted by Gasteiger charge is -2.31. The van der Waals surface area contributed by atoms with Crippen LogP contribution in [0.2, 0.25) is 0 Å². The summed E-state index contributed by atoms with van der Waals surface area (Å²) in [5.41, 5.74) is 1.25. The topological polar surface area (TPSA) is 66.8 Å². The van der Waals surface area contributed by atoms with Gasteiger partial charge in [0.15, 0.2) is 6.10 Å². The zero-order chi connectivity index (χ0) is 14.3. The lowest BCUT2D eigenvalue weighted by Crippen LogP contribution is -2.49. The number of carboxylic acid groups (broad SMARTS) is 1. The molecule has 1 saturated heterocycles. The predicted molar refractivity (Wildman–Crippen MR) is 73.9 cm³/mol. The first-order chi connectivity index (χ1) is 9.58. The fraction of sp³-hybridized carbons (Fsp3) is 0.571. The molecule has 2 heterocycles. The van der Waals surface area contributed by atoms with Crippen LogP contribution in [0.15, 0.2) is 11.4 Å². The fourth-order valence-corrected chi connectivity index (χ4v) is 3.86. The highest BCUT2D eigenvalue weighted by molar-refractivity contribution is 7.10. The normalized spacial score (nSPS) is 29.2. The minimum absolute atomic E-state index is 0.0277. The van der Waals surface area contributed by atoms with Crippen molar-refractivity contribution in [2.45, 2.75) is 25.4 Å². The molecule has 0 unspecified atom stereocenters. The van der Waals surface area contributed by atoms with E-state index in [1.54, 1.807) is 16.2 Å². The first-order valence-electron chi connectivity index (χ1n) is 6.75. The first-order valence-corrected chi connectivity index (χ1v) is 7.63. The van der Waals surface area contributed by atoms with Gasteiger partial charge in [-0.3, -0.25) is 4.79 Å². The summed E-state index contributed by atoms with van der Waals surface area (Å²) in [7, 11) is 0. The van der Waals surface area contributed by atoms with Crippen molar-refractivity contribution in [2.24, 2.45) is 5.92 Å². The minimum Gasteiger partial charge on any atom is -0.479 e. The number of carbonyl (C=O) groups is 2. The Bertz CT molecular complexity index is 541. The molecular formula is C14H17NO4S. The monoisotopic (exact) mass is 295 g/mol. The van der Waals surface area contributed by atoms with Gasteiger partial charge in [-0.2, -0.15) is 0 Å². The van der Waals surface area contributed by atoms with Crippen LogP contribution in [-0.4, -0.2) is 47.7 Å². The SMILES string of the molecule is Cc1ccsc1[C@@H]1C[C@@H]1C(=O)N1CCO[C@H](C(=O)O)C1. The highest BCUT2D eigenvalue weighted by Gasteiger charge is 2.47. The van der Waals surface area contributed by atoms with Crippen LogP contribution in [0.5, 0.6) is 0 Å². The number of aliphatic carboxylic acids is 1. The van der Waals surface area contributed by atoms with Crippen molar-refractivity contribution in [1.82, 2.24) is 4.90 Å². The highest BCUT2D eigenvalue weighted by Crippen LogP contribution is 2.51. The molecule has 1 aliphatic heterocycles. The van der Waals surface area contributed by atoms with Gasteiger partial charge in [-0.1, -0.05) is 0 Å². The van der Waals surface area contributed by atoms with Gasteiger partial charge < -0.3 is 14.7 Å². The van der Waals surface area contributed by atoms with Crippen LogP contribution in [0, 0.1) is 12.8 Å². The molecule has 1 saturated carbocycles. The number of carboxylic acids is 1. The number of hydrogen-bond acceptors (Lipinski definition) is 4. The third-order valence-corrected chi connectivity index (χ3v) is 5.15. The number of morpholine rings is 1. The molecule has 0 radical (unpaired) electrons. The van der Waals surface area contributed by atoms with E-state index in [-0.39, 0.29) is 18.4 Å². The number of rotatable bonds is 3. The summed E-state index contributed by atoms with van der Waals surface area (Å²) < 4.78 is 5.15. The quantitative estimate of drug-likeness (QED) is 0.917. The molecule has 1 aliphatic carbocycles. The predicted octanol–water partition coefficient (Wildman–Crippen LogP) is 1.47. The molecule has 0 bridgehead atoms. The van der Waals surface area contributed by atoms with Crippen LogP contribution in [0.3, 0.4) is 0 Å². The van der Waals surface area contributed by atoms with E-state index in [1.165, 1.54) is 10.4 Å². The lowest BCUT2D eigenvalue weighted by molar-refractivity contribution is -0.159. The molecule has 1 aromatic rings. The van der Waals surface area contributed by atoms with Crippen molar-refractivity contribution < 1.29 is 19.4 Å². The Kier molecular flexibility index (Phi) is 3.52. The van der Waals surface area contributed by atoms with Gasteiger partial charge in [0.2, 0.25) is 5.91 Å². The Morgan fingerprint density at radius 3 is 2.95 bits per heavy atom. The number of nitrogens with zero attached hydrogens (tertiary/aromatic N) is 1. The van der Waals surface area contributed by atoms with Crippen LogP contribution < -0.4 is 0 Å². The van der Waals surface area contributed by atoms with Crippen molar-refractivity contribution in [2.75, 3.05) is 19.7 Å². The maximum absolute atomic E-state index is 12.4. The molecule has 0 spiro atoms. The van der Waals surface area contributed by atoms with E-state index in [2.05, 4.69) is 18.4 Å². The summed E-state index contributed by atoms with van der Waals surface area (Å²) in [6.07, 6.45) is 0.00307. The van der Waals surface area contributed by atoms with Crippen molar-refractivity contribution in [3.8, 4) is 0 Å². The number of amides is 1. The van der Waals surface area contributed by atoms with Crippen molar-refractivity contribution in [1.29, 1.82) is 0 Å². The third kappa shape index (κ3) is 2.45. The van der Waals surface area contributed by atoms with Crippen LogP contribution in [0.4, 0.5) is 0 Å². The molecular weight excluding hydrogens is 278 g/mol. The number of aryl methyl sites for hydroxylation is 1. The molecule has 5 nitrogen and oxygen atoms in total. The van der Waals surface area contributed by atoms with E-state index >= 15 is 0 Å². The van der Waals surface area contributed by atoms with Crippen molar-refractivity contribution in [3.63, 3.8) is 0 Å². The molecule has 3 atom stereocenters. The maximum Gasteiger partial charge on any atom is 0.334 e. The Labute approximate surface area is 121 Å². The number of carbonyl (C=O) groups excluding carboxylic acids is 1. The summed E-state index contributed by atoms with van der Waals surface area (Å²) in [4.78, 5) is 26.3. The van der Waals surface area contributed by atoms with E-state index in [4.69, 9.17) is 9.84 Å². The third-order valence-electron chi connectivity index (χ3n) is 4.00. The van der Waals surface area contributed by atoms with E-state index in [1.807, 2.05) is 0 Å². The molecule has 1 aromatic heterocycles. The fourth-order valence-electron chi connectivity index (χ4n) is 2.76. The number of ether oxygens (including phenoxy) is 1. The van der Waals surface area contributed by atoms with Gasteiger partial charge in [0.1, 0.15) is 0 Å². The average Bonchev–Trinajstić information content (AvgIpc) is 3.12. The summed E-state index contributed by atoms with van der Waals surface area (Å²) in [6, 6.07) is 2.08. The van der Waals surface area contributed by atoms with Gasteiger partial charge in [0, 0.05) is 23.3 Å². The molecule has 6 heteroatoms. The second-order valence-electron chi connectivity index (χ2n) is 5.40. The van der Waals surface area contributed by atoms with Gasteiger partial charge in [-0.15, -0.1) is 11.3 Å². The Morgan fingerprint density at radius 1 is 1.50 bits per heavy atom. The Hall–Kier alpha value is -1.40. The van der Waals surface area contributed by atoms with Gasteiger partial charge in [0.25, 0.3) is 0 Å². The molecule has 3 rings (SSSR count). The average molecular weight is 295 g/mol. The van der Waals surface area contributed by atoms with Crippen LogP contribution in [-0.2, 0) is 14.3 Å². The van der Waals surface area contributed by atoms with Crippen molar-refractivity contribution >= 4 is 23.2 Å². The second kappa shape index (κ2) is 5.18. The molecule has 0 aromatic carbocycles. The Morgan fingerprint density at radius 2 is 2.30 bits per heavy atom. The zero-order valence-corrected chi connectivity index (χ0v) is 12.1. The molecule has 20 heavy (non-hydrogen) atoms.